The maximum atomic E-state index is 6.27. The van der Waals surface area contributed by atoms with E-state index in [0.29, 0.717) is 6.04 Å². The van der Waals surface area contributed by atoms with Gasteiger partial charge >= 0.3 is 0 Å². The fourth-order valence-electron chi connectivity index (χ4n) is 5.86. The molecule has 4 nitrogen and oxygen atoms in total. The third-order valence-electron chi connectivity index (χ3n) is 8.72. The first-order valence-corrected chi connectivity index (χ1v) is 19.2. The smallest absolute Gasteiger partial charge is 0.157 e. The van der Waals surface area contributed by atoms with Gasteiger partial charge in [-0.3, -0.25) is 0 Å². The van der Waals surface area contributed by atoms with E-state index in [1.54, 1.807) is 0 Å². The van der Waals surface area contributed by atoms with Crippen LogP contribution in [0.25, 0.3) is 0 Å². The number of hydrogen-bond acceptors (Lipinski definition) is 4. The van der Waals surface area contributed by atoms with Crippen LogP contribution in [0.3, 0.4) is 0 Å². The third-order valence-corrected chi connectivity index (χ3v) is 8.72. The molecular formula is C38H80N2O2. The van der Waals surface area contributed by atoms with Crippen LogP contribution < -0.4 is 5.32 Å². The summed E-state index contributed by atoms with van der Waals surface area (Å²) in [4.78, 5) is 2.30. The molecule has 0 saturated heterocycles. The molecule has 0 heterocycles. The van der Waals surface area contributed by atoms with Crippen LogP contribution >= 0.6 is 0 Å². The van der Waals surface area contributed by atoms with Crippen LogP contribution in [0.15, 0.2) is 0 Å². The zero-order valence-corrected chi connectivity index (χ0v) is 29.8. The lowest BCUT2D eigenvalue weighted by molar-refractivity contribution is -0.148. The first-order chi connectivity index (χ1) is 20.6. The summed E-state index contributed by atoms with van der Waals surface area (Å²) in [7, 11) is 4.35. The average molecular weight is 597 g/mol. The number of ether oxygens (including phenoxy) is 2. The first-order valence-electron chi connectivity index (χ1n) is 19.2. The second kappa shape index (κ2) is 35.3. The van der Waals surface area contributed by atoms with E-state index in [9.17, 15) is 0 Å². The summed E-state index contributed by atoms with van der Waals surface area (Å²) in [6.07, 6.45) is 35.9. The highest BCUT2D eigenvalue weighted by atomic mass is 16.7. The first kappa shape index (κ1) is 41.8. The van der Waals surface area contributed by atoms with Gasteiger partial charge in [-0.1, -0.05) is 149 Å². The zero-order valence-electron chi connectivity index (χ0n) is 29.8. The standard InChI is InChI=1S/C38H80N2O2/c1-6-9-12-15-17-22-27-35-41-38(42-36-28-23-18-16-13-10-7-2)32-26-21-19-20-25-31-37(30-24-14-11-8-3)39-33-29-34-40(4)5/h37-39H,6-36H2,1-5H3. The fourth-order valence-corrected chi connectivity index (χ4v) is 5.86. The van der Waals surface area contributed by atoms with Crippen molar-refractivity contribution in [3.05, 3.63) is 0 Å². The van der Waals surface area contributed by atoms with Gasteiger partial charge in [0, 0.05) is 19.3 Å². The van der Waals surface area contributed by atoms with Crippen LogP contribution in [-0.2, 0) is 9.47 Å². The number of unbranched alkanes of at least 4 members (excludes halogenated alkanes) is 19. The van der Waals surface area contributed by atoms with E-state index in [1.807, 2.05) is 0 Å². The number of nitrogens with one attached hydrogen (secondary N) is 1. The largest absolute Gasteiger partial charge is 0.353 e. The molecule has 0 rings (SSSR count). The van der Waals surface area contributed by atoms with E-state index >= 15 is 0 Å². The van der Waals surface area contributed by atoms with Gasteiger partial charge in [0.25, 0.3) is 0 Å². The Morgan fingerprint density at radius 2 is 0.833 bits per heavy atom. The number of rotatable bonds is 36. The minimum absolute atomic E-state index is 0.0176. The Balaban J connectivity index is 4.19. The van der Waals surface area contributed by atoms with E-state index in [4.69, 9.17) is 9.47 Å². The molecule has 1 N–H and O–H groups in total. The normalized spacial score (nSPS) is 12.6. The fraction of sp³-hybridized carbons (Fsp3) is 1.00. The molecule has 0 aromatic rings. The van der Waals surface area contributed by atoms with Crippen LogP contribution in [0, 0.1) is 0 Å². The van der Waals surface area contributed by atoms with Crippen LogP contribution in [0.5, 0.6) is 0 Å². The minimum Gasteiger partial charge on any atom is -0.353 e. The SMILES string of the molecule is CCCCCCCCCOC(CCCCCCCC(CCCCCC)NCCCN(C)C)OCCCCCCCCC. The molecule has 0 aliphatic carbocycles. The molecule has 42 heavy (non-hydrogen) atoms. The van der Waals surface area contributed by atoms with E-state index in [1.165, 1.54) is 173 Å². The summed E-state index contributed by atoms with van der Waals surface area (Å²) in [6.45, 7) is 11.0. The van der Waals surface area contributed by atoms with Crippen molar-refractivity contribution in [3.8, 4) is 0 Å². The summed E-state index contributed by atoms with van der Waals surface area (Å²) in [5.74, 6) is 0. The lowest BCUT2D eigenvalue weighted by atomic mass is 10.0. The van der Waals surface area contributed by atoms with Crippen molar-refractivity contribution in [3.63, 3.8) is 0 Å². The van der Waals surface area contributed by atoms with Gasteiger partial charge in [0.2, 0.25) is 0 Å². The summed E-state index contributed by atoms with van der Waals surface area (Å²) in [5, 5.41) is 3.89. The quantitative estimate of drug-likeness (QED) is 0.0576. The molecular weight excluding hydrogens is 516 g/mol. The summed E-state index contributed by atoms with van der Waals surface area (Å²) >= 11 is 0. The van der Waals surface area contributed by atoms with Gasteiger partial charge in [0.15, 0.2) is 6.29 Å². The van der Waals surface area contributed by atoms with Crippen LogP contribution in [-0.4, -0.2) is 57.6 Å². The topological polar surface area (TPSA) is 33.7 Å². The molecule has 0 bridgehead atoms. The van der Waals surface area contributed by atoms with Crippen LogP contribution in [0.1, 0.15) is 194 Å². The molecule has 1 atom stereocenters. The van der Waals surface area contributed by atoms with Gasteiger partial charge in [0.1, 0.15) is 0 Å². The van der Waals surface area contributed by atoms with Crippen molar-refractivity contribution in [1.82, 2.24) is 10.2 Å². The van der Waals surface area contributed by atoms with Crippen molar-refractivity contribution < 1.29 is 9.47 Å². The monoisotopic (exact) mass is 597 g/mol. The molecule has 4 heteroatoms. The predicted octanol–water partition coefficient (Wildman–Crippen LogP) is 11.5. The lowest BCUT2D eigenvalue weighted by Crippen LogP contribution is -2.31. The molecule has 0 aromatic heterocycles. The molecule has 0 aromatic carbocycles. The Morgan fingerprint density at radius 1 is 0.452 bits per heavy atom. The van der Waals surface area contributed by atoms with Gasteiger partial charge in [-0.25, -0.2) is 0 Å². The number of hydrogen-bond donors (Lipinski definition) is 1. The summed E-state index contributed by atoms with van der Waals surface area (Å²) in [5.41, 5.74) is 0. The third kappa shape index (κ3) is 32.7. The minimum atomic E-state index is 0.0176. The van der Waals surface area contributed by atoms with Gasteiger partial charge in [-0.15, -0.1) is 0 Å². The molecule has 0 amide bonds. The summed E-state index contributed by atoms with van der Waals surface area (Å²) in [6, 6.07) is 0.716. The molecule has 0 saturated carbocycles. The lowest BCUT2D eigenvalue weighted by Gasteiger charge is -2.20. The van der Waals surface area contributed by atoms with Crippen LogP contribution in [0.2, 0.25) is 0 Å². The van der Waals surface area contributed by atoms with Gasteiger partial charge in [-0.2, -0.15) is 0 Å². The second-order valence-corrected chi connectivity index (χ2v) is 13.4. The van der Waals surface area contributed by atoms with E-state index < -0.39 is 0 Å². The Hall–Kier alpha value is -0.160. The Kier molecular flexibility index (Phi) is 35.2. The van der Waals surface area contributed by atoms with Crippen molar-refractivity contribution in [1.29, 1.82) is 0 Å². The highest BCUT2D eigenvalue weighted by Gasteiger charge is 2.11. The van der Waals surface area contributed by atoms with Crippen molar-refractivity contribution in [2.75, 3.05) is 40.4 Å². The summed E-state index contributed by atoms with van der Waals surface area (Å²) < 4.78 is 12.5. The van der Waals surface area contributed by atoms with Crippen molar-refractivity contribution in [2.45, 2.75) is 206 Å². The molecule has 0 radical (unpaired) electrons. The molecule has 0 aliphatic rings. The van der Waals surface area contributed by atoms with Gasteiger partial charge < -0.3 is 19.7 Å². The maximum absolute atomic E-state index is 6.27. The Labute approximate surface area is 266 Å². The predicted molar refractivity (Wildman–Crippen MR) is 188 cm³/mol. The van der Waals surface area contributed by atoms with E-state index in [-0.39, 0.29) is 6.29 Å². The van der Waals surface area contributed by atoms with Crippen LogP contribution in [0.4, 0.5) is 0 Å². The van der Waals surface area contributed by atoms with E-state index in [0.717, 1.165) is 26.2 Å². The molecule has 254 valence electrons. The van der Waals surface area contributed by atoms with Crippen molar-refractivity contribution in [2.24, 2.45) is 0 Å². The molecule has 1 unspecified atom stereocenters. The molecule has 0 aliphatic heterocycles. The second-order valence-electron chi connectivity index (χ2n) is 13.4. The Bertz CT molecular complexity index is 468. The zero-order chi connectivity index (χ0) is 30.8. The highest BCUT2D eigenvalue weighted by Crippen LogP contribution is 2.16. The highest BCUT2D eigenvalue weighted by molar-refractivity contribution is 4.68. The maximum Gasteiger partial charge on any atom is 0.157 e. The Morgan fingerprint density at radius 3 is 1.29 bits per heavy atom. The van der Waals surface area contributed by atoms with Gasteiger partial charge in [-0.05, 0) is 72.1 Å². The molecule has 0 fully saturated rings. The number of nitrogens with zero attached hydrogens (tertiary/aromatic N) is 1. The molecule has 0 spiro atoms. The van der Waals surface area contributed by atoms with E-state index in [2.05, 4.69) is 45.1 Å². The average Bonchev–Trinajstić information content (AvgIpc) is 2.98. The van der Waals surface area contributed by atoms with Crippen molar-refractivity contribution >= 4 is 0 Å². The van der Waals surface area contributed by atoms with Gasteiger partial charge in [0.05, 0.1) is 0 Å².